The van der Waals surface area contributed by atoms with Crippen LogP contribution in [0.2, 0.25) is 0 Å². The van der Waals surface area contributed by atoms with Crippen LogP contribution in [0, 0.1) is 0 Å². The molecule has 1 heterocycles. The molecule has 1 aromatic heterocycles. The van der Waals surface area contributed by atoms with Crippen LogP contribution in [-0.2, 0) is 11.3 Å². The van der Waals surface area contributed by atoms with Crippen LogP contribution in [0.15, 0.2) is 6.33 Å². The molecule has 1 N–H and O–H groups in total. The van der Waals surface area contributed by atoms with Crippen LogP contribution >= 0.6 is 0 Å². The van der Waals surface area contributed by atoms with Crippen LogP contribution in [-0.4, -0.2) is 34.5 Å². The molecule has 0 amide bonds. The minimum Gasteiger partial charge on any atom is -0.379 e. The predicted molar refractivity (Wildman–Crippen MR) is 72.4 cm³/mol. The molecule has 104 valence electrons. The molecule has 0 aliphatic carbocycles. The van der Waals surface area contributed by atoms with Crippen LogP contribution in [0.4, 0.5) is 0 Å². The van der Waals surface area contributed by atoms with Crippen LogP contribution in [0.25, 0.3) is 0 Å². The van der Waals surface area contributed by atoms with Crippen molar-refractivity contribution in [2.75, 3.05) is 13.7 Å². The number of aryl methyl sites for hydroxylation is 1. The Morgan fingerprint density at radius 3 is 2.67 bits per heavy atom. The third-order valence-electron chi connectivity index (χ3n) is 3.05. The monoisotopic (exact) mass is 254 g/mol. The number of nitrogens with zero attached hydrogens (tertiary/aromatic N) is 3. The van der Waals surface area contributed by atoms with Crippen molar-refractivity contribution >= 4 is 0 Å². The van der Waals surface area contributed by atoms with Crippen LogP contribution in [0.3, 0.4) is 0 Å². The molecule has 1 rings (SSSR count). The Bertz CT molecular complexity index is 323. The van der Waals surface area contributed by atoms with Gasteiger partial charge in [-0.3, -0.25) is 0 Å². The molecule has 0 aliphatic heterocycles. The number of ether oxygens (including phenoxy) is 1. The maximum atomic E-state index is 5.57. The number of rotatable bonds is 9. The number of hydrogen-bond donors (Lipinski definition) is 1. The zero-order valence-corrected chi connectivity index (χ0v) is 12.0. The molecule has 18 heavy (non-hydrogen) atoms. The highest BCUT2D eigenvalue weighted by atomic mass is 16.5. The van der Waals surface area contributed by atoms with E-state index in [0.717, 1.165) is 38.2 Å². The summed E-state index contributed by atoms with van der Waals surface area (Å²) in [6.07, 6.45) is 4.88. The SMILES string of the molecule is CCCNC(c1ncnn1CCC)C(CC)OC. The molecular weight excluding hydrogens is 228 g/mol. The lowest BCUT2D eigenvalue weighted by Crippen LogP contribution is -2.35. The third-order valence-corrected chi connectivity index (χ3v) is 3.05. The second-order valence-corrected chi connectivity index (χ2v) is 4.46. The Morgan fingerprint density at radius 1 is 1.33 bits per heavy atom. The standard InChI is InChI=1S/C13H26N4O/c1-5-8-14-12(11(7-3)18-4)13-15-10-16-17(13)9-6-2/h10-12,14H,5-9H2,1-4H3. The van der Waals surface area contributed by atoms with Crippen molar-refractivity contribution in [3.8, 4) is 0 Å². The Hall–Kier alpha value is -0.940. The highest BCUT2D eigenvalue weighted by molar-refractivity contribution is 4.98. The molecule has 2 atom stereocenters. The highest BCUT2D eigenvalue weighted by Gasteiger charge is 2.25. The van der Waals surface area contributed by atoms with Crippen molar-refractivity contribution in [1.29, 1.82) is 0 Å². The number of methoxy groups -OCH3 is 1. The Kier molecular flexibility index (Phi) is 6.90. The lowest BCUT2D eigenvalue weighted by molar-refractivity contribution is 0.0607. The second kappa shape index (κ2) is 8.21. The first-order valence-electron chi connectivity index (χ1n) is 6.92. The molecule has 5 nitrogen and oxygen atoms in total. The van der Waals surface area contributed by atoms with Crippen molar-refractivity contribution < 1.29 is 4.74 Å². The molecule has 0 spiro atoms. The van der Waals surface area contributed by atoms with Gasteiger partial charge in [0.1, 0.15) is 12.2 Å². The maximum absolute atomic E-state index is 5.57. The molecule has 0 saturated carbocycles. The topological polar surface area (TPSA) is 52.0 Å². The lowest BCUT2D eigenvalue weighted by atomic mass is 10.1. The van der Waals surface area contributed by atoms with Crippen molar-refractivity contribution in [3.05, 3.63) is 12.2 Å². The minimum atomic E-state index is 0.119. The van der Waals surface area contributed by atoms with E-state index in [9.17, 15) is 0 Å². The molecule has 0 fully saturated rings. The van der Waals surface area contributed by atoms with Crippen molar-refractivity contribution in [2.24, 2.45) is 0 Å². The van der Waals surface area contributed by atoms with Crippen molar-refractivity contribution in [1.82, 2.24) is 20.1 Å². The van der Waals surface area contributed by atoms with Gasteiger partial charge in [0.05, 0.1) is 12.1 Å². The highest BCUT2D eigenvalue weighted by Crippen LogP contribution is 2.19. The molecule has 0 saturated heterocycles. The van der Waals surface area contributed by atoms with Gasteiger partial charge in [-0.1, -0.05) is 20.8 Å². The summed E-state index contributed by atoms with van der Waals surface area (Å²) < 4.78 is 7.55. The van der Waals surface area contributed by atoms with Gasteiger partial charge >= 0.3 is 0 Å². The van der Waals surface area contributed by atoms with E-state index in [1.807, 2.05) is 4.68 Å². The summed E-state index contributed by atoms with van der Waals surface area (Å²) in [5.41, 5.74) is 0. The molecular formula is C13H26N4O. The molecule has 0 aliphatic rings. The first-order valence-corrected chi connectivity index (χ1v) is 6.92. The van der Waals surface area contributed by atoms with Crippen LogP contribution < -0.4 is 5.32 Å². The number of hydrogen-bond acceptors (Lipinski definition) is 4. The summed E-state index contributed by atoms with van der Waals surface area (Å²) in [6, 6.07) is 0.119. The van der Waals surface area contributed by atoms with Gasteiger partial charge < -0.3 is 10.1 Å². The maximum Gasteiger partial charge on any atom is 0.146 e. The van der Waals surface area contributed by atoms with Gasteiger partial charge in [0.25, 0.3) is 0 Å². The summed E-state index contributed by atoms with van der Waals surface area (Å²) in [4.78, 5) is 4.41. The van der Waals surface area contributed by atoms with E-state index < -0.39 is 0 Å². The van der Waals surface area contributed by atoms with Crippen molar-refractivity contribution in [2.45, 2.75) is 58.7 Å². The molecule has 2 unspecified atom stereocenters. The Labute approximate surface area is 110 Å². The number of nitrogens with one attached hydrogen (secondary N) is 1. The zero-order chi connectivity index (χ0) is 13.4. The third kappa shape index (κ3) is 3.78. The van der Waals surface area contributed by atoms with Gasteiger partial charge in [0.15, 0.2) is 0 Å². The smallest absolute Gasteiger partial charge is 0.146 e. The molecule has 1 aromatic rings. The molecule has 0 radical (unpaired) electrons. The van der Waals surface area contributed by atoms with Gasteiger partial charge in [-0.2, -0.15) is 5.10 Å². The van der Waals surface area contributed by atoms with E-state index in [1.54, 1.807) is 13.4 Å². The summed E-state index contributed by atoms with van der Waals surface area (Å²) in [5, 5.41) is 7.82. The largest absolute Gasteiger partial charge is 0.379 e. The summed E-state index contributed by atoms with van der Waals surface area (Å²) in [5.74, 6) is 0.985. The van der Waals surface area contributed by atoms with Gasteiger partial charge in [-0.05, 0) is 25.8 Å². The van der Waals surface area contributed by atoms with Crippen LogP contribution in [0.5, 0.6) is 0 Å². The lowest BCUT2D eigenvalue weighted by Gasteiger charge is -2.25. The van der Waals surface area contributed by atoms with Gasteiger partial charge in [0.2, 0.25) is 0 Å². The van der Waals surface area contributed by atoms with E-state index in [2.05, 4.69) is 36.2 Å². The average molecular weight is 254 g/mol. The van der Waals surface area contributed by atoms with E-state index in [0.29, 0.717) is 0 Å². The summed E-state index contributed by atoms with van der Waals surface area (Å²) in [7, 11) is 1.76. The summed E-state index contributed by atoms with van der Waals surface area (Å²) in [6.45, 7) is 8.31. The quantitative estimate of drug-likeness (QED) is 0.733. The second-order valence-electron chi connectivity index (χ2n) is 4.46. The Morgan fingerprint density at radius 2 is 2.11 bits per heavy atom. The van der Waals surface area contributed by atoms with Crippen LogP contribution in [0.1, 0.15) is 51.9 Å². The van der Waals surface area contributed by atoms with E-state index in [4.69, 9.17) is 4.74 Å². The van der Waals surface area contributed by atoms with Gasteiger partial charge in [0, 0.05) is 13.7 Å². The zero-order valence-electron chi connectivity index (χ0n) is 12.0. The molecule has 5 heteroatoms. The van der Waals surface area contributed by atoms with E-state index >= 15 is 0 Å². The van der Waals surface area contributed by atoms with E-state index in [1.165, 1.54) is 0 Å². The van der Waals surface area contributed by atoms with E-state index in [-0.39, 0.29) is 12.1 Å². The molecule has 0 aromatic carbocycles. The normalized spacial score (nSPS) is 14.7. The minimum absolute atomic E-state index is 0.119. The average Bonchev–Trinajstić information content (AvgIpc) is 2.83. The van der Waals surface area contributed by atoms with Gasteiger partial charge in [-0.15, -0.1) is 0 Å². The first-order chi connectivity index (χ1) is 8.78. The fourth-order valence-electron chi connectivity index (χ4n) is 2.13. The molecule has 0 bridgehead atoms. The fourth-order valence-corrected chi connectivity index (χ4v) is 2.13. The first kappa shape index (κ1) is 15.1. The Balaban J connectivity index is 2.89. The fraction of sp³-hybridized carbons (Fsp3) is 0.846. The van der Waals surface area contributed by atoms with Gasteiger partial charge in [-0.25, -0.2) is 9.67 Å². The number of aromatic nitrogens is 3. The van der Waals surface area contributed by atoms with Crippen molar-refractivity contribution in [3.63, 3.8) is 0 Å². The summed E-state index contributed by atoms with van der Waals surface area (Å²) >= 11 is 0. The predicted octanol–water partition coefficient (Wildman–Crippen LogP) is 2.15.